The topological polar surface area (TPSA) is 46.5 Å². The highest BCUT2D eigenvalue weighted by Crippen LogP contribution is 2.71. The lowest BCUT2D eigenvalue weighted by Crippen LogP contribution is -2.56. The van der Waals surface area contributed by atoms with Crippen LogP contribution in [0, 0.1) is 34.0 Å². The molecule has 3 nitrogen and oxygen atoms in total. The lowest BCUT2D eigenvalue weighted by atomic mass is 9.42. The molecule has 4 aliphatic carbocycles. The molecule has 1 N–H and O–H groups in total. The standard InChI is InChI=1S/C22H34O3/c1-15(23)25-14-19(2)9-5-10-20(3)17(19)8-11-22-12-16(6-7-18(20)22)21(4,24)13-22/h6-7,16-18,24H,5,8-14H2,1-4H3/t16-,17-,18+,19-,20-,21-,22+/m1/s1. The van der Waals surface area contributed by atoms with E-state index < -0.39 is 5.60 Å². The number of esters is 1. The molecule has 3 fully saturated rings. The van der Waals surface area contributed by atoms with Gasteiger partial charge in [-0.3, -0.25) is 4.79 Å². The number of carbonyl (C=O) groups is 1. The Morgan fingerprint density at radius 1 is 1.20 bits per heavy atom. The first-order chi connectivity index (χ1) is 11.6. The van der Waals surface area contributed by atoms with E-state index in [-0.39, 0.29) is 22.2 Å². The highest BCUT2D eigenvalue weighted by molar-refractivity contribution is 5.65. The number of rotatable bonds is 2. The zero-order valence-electron chi connectivity index (χ0n) is 16.3. The summed E-state index contributed by atoms with van der Waals surface area (Å²) in [6, 6.07) is 0. The quantitative estimate of drug-likeness (QED) is 0.592. The Kier molecular flexibility index (Phi) is 3.76. The summed E-state index contributed by atoms with van der Waals surface area (Å²) in [7, 11) is 0. The van der Waals surface area contributed by atoms with E-state index in [0.29, 0.717) is 24.4 Å². The zero-order valence-corrected chi connectivity index (χ0v) is 16.3. The fraction of sp³-hybridized carbons (Fsp3) is 0.864. The van der Waals surface area contributed by atoms with E-state index in [0.717, 1.165) is 19.3 Å². The molecule has 0 unspecified atom stereocenters. The normalized spacial score (nSPS) is 53.9. The molecule has 0 radical (unpaired) electrons. The van der Waals surface area contributed by atoms with Crippen molar-refractivity contribution in [1.29, 1.82) is 0 Å². The lowest BCUT2D eigenvalue weighted by molar-refractivity contribution is -0.162. The summed E-state index contributed by atoms with van der Waals surface area (Å²) in [4.78, 5) is 11.4. The van der Waals surface area contributed by atoms with Gasteiger partial charge in [-0.2, -0.15) is 0 Å². The zero-order chi connectivity index (χ0) is 18.1. The van der Waals surface area contributed by atoms with E-state index in [1.165, 1.54) is 32.6 Å². The Hall–Kier alpha value is -0.830. The summed E-state index contributed by atoms with van der Waals surface area (Å²) in [5, 5.41) is 10.9. The van der Waals surface area contributed by atoms with Gasteiger partial charge >= 0.3 is 5.97 Å². The van der Waals surface area contributed by atoms with E-state index >= 15 is 0 Å². The minimum atomic E-state index is -0.538. The maximum Gasteiger partial charge on any atom is 0.302 e. The molecule has 0 heterocycles. The molecule has 2 bridgehead atoms. The summed E-state index contributed by atoms with van der Waals surface area (Å²) in [6.45, 7) is 8.96. The Labute approximate surface area is 152 Å². The monoisotopic (exact) mass is 346 g/mol. The number of carbonyl (C=O) groups excluding carboxylic acids is 1. The number of fused-ring (bicyclic) bond motifs is 3. The van der Waals surface area contributed by atoms with Gasteiger partial charge in [0.05, 0.1) is 12.2 Å². The molecule has 4 rings (SSSR count). The van der Waals surface area contributed by atoms with Crippen molar-refractivity contribution in [2.45, 2.75) is 78.2 Å². The third-order valence-corrected chi connectivity index (χ3v) is 8.68. The molecular formula is C22H34O3. The Morgan fingerprint density at radius 2 is 1.96 bits per heavy atom. The average molecular weight is 347 g/mol. The molecule has 0 aliphatic heterocycles. The maximum atomic E-state index is 11.4. The van der Waals surface area contributed by atoms with Gasteiger partial charge in [0.2, 0.25) is 0 Å². The van der Waals surface area contributed by atoms with Gasteiger partial charge in [0.25, 0.3) is 0 Å². The predicted octanol–water partition coefficient (Wildman–Crippen LogP) is 4.49. The fourth-order valence-corrected chi connectivity index (χ4v) is 7.74. The molecular weight excluding hydrogens is 312 g/mol. The van der Waals surface area contributed by atoms with Crippen molar-refractivity contribution in [1.82, 2.24) is 0 Å². The van der Waals surface area contributed by atoms with Gasteiger partial charge in [-0.15, -0.1) is 0 Å². The van der Waals surface area contributed by atoms with Crippen molar-refractivity contribution >= 4 is 5.97 Å². The van der Waals surface area contributed by atoms with E-state index in [4.69, 9.17) is 4.74 Å². The molecule has 0 aromatic rings. The molecule has 0 aromatic carbocycles. The molecule has 0 aromatic heterocycles. The average Bonchev–Trinajstić information content (AvgIpc) is 2.70. The third kappa shape index (κ3) is 2.44. The smallest absolute Gasteiger partial charge is 0.302 e. The summed E-state index contributed by atoms with van der Waals surface area (Å²) in [5.41, 5.74) is 0.0946. The van der Waals surface area contributed by atoms with Crippen LogP contribution in [-0.2, 0) is 9.53 Å². The van der Waals surface area contributed by atoms with Crippen LogP contribution in [0.2, 0.25) is 0 Å². The van der Waals surface area contributed by atoms with Gasteiger partial charge in [0.15, 0.2) is 0 Å². The fourth-order valence-electron chi connectivity index (χ4n) is 7.74. The van der Waals surface area contributed by atoms with Crippen molar-refractivity contribution in [2.75, 3.05) is 6.61 Å². The highest BCUT2D eigenvalue weighted by Gasteiger charge is 2.65. The van der Waals surface area contributed by atoms with E-state index in [1.807, 2.05) is 6.92 Å². The first-order valence-corrected chi connectivity index (χ1v) is 10.2. The number of hydrogen-bond acceptors (Lipinski definition) is 3. The van der Waals surface area contributed by atoms with Crippen LogP contribution >= 0.6 is 0 Å². The van der Waals surface area contributed by atoms with Crippen LogP contribution in [-0.4, -0.2) is 23.3 Å². The molecule has 4 aliphatic rings. The second-order valence-electron chi connectivity index (χ2n) is 10.5. The van der Waals surface area contributed by atoms with E-state index in [1.54, 1.807) is 0 Å². The highest BCUT2D eigenvalue weighted by atomic mass is 16.5. The van der Waals surface area contributed by atoms with Crippen LogP contribution in [0.5, 0.6) is 0 Å². The first-order valence-electron chi connectivity index (χ1n) is 10.2. The van der Waals surface area contributed by atoms with Gasteiger partial charge in [0.1, 0.15) is 0 Å². The summed E-state index contributed by atoms with van der Waals surface area (Å²) < 4.78 is 5.51. The third-order valence-electron chi connectivity index (χ3n) is 8.68. The van der Waals surface area contributed by atoms with E-state index in [9.17, 15) is 9.90 Å². The first kappa shape index (κ1) is 17.6. The predicted molar refractivity (Wildman–Crippen MR) is 97.8 cm³/mol. The summed E-state index contributed by atoms with van der Waals surface area (Å²) in [5.74, 6) is 1.32. The minimum absolute atomic E-state index is 0.0894. The SMILES string of the molecule is CC(=O)OC[C@@]1(C)CCC[C@]2(C)[C@@H]1CC[C@@]13C[C@@H](C=C[C@H]12)[C@](C)(O)C3. The Bertz CT molecular complexity index is 608. The van der Waals surface area contributed by atoms with Gasteiger partial charge in [-0.25, -0.2) is 0 Å². The summed E-state index contributed by atoms with van der Waals surface area (Å²) >= 11 is 0. The Morgan fingerprint density at radius 3 is 2.68 bits per heavy atom. The maximum absolute atomic E-state index is 11.4. The molecule has 140 valence electrons. The van der Waals surface area contributed by atoms with Gasteiger partial charge in [-0.05, 0) is 68.1 Å². The molecule has 7 atom stereocenters. The Balaban J connectivity index is 1.67. The second-order valence-corrected chi connectivity index (χ2v) is 10.5. The molecule has 3 saturated carbocycles. The van der Waals surface area contributed by atoms with Gasteiger partial charge in [-0.1, -0.05) is 32.4 Å². The van der Waals surface area contributed by atoms with Crippen LogP contribution in [0.4, 0.5) is 0 Å². The molecule has 3 heteroatoms. The van der Waals surface area contributed by atoms with Crippen LogP contribution in [0.3, 0.4) is 0 Å². The van der Waals surface area contributed by atoms with Gasteiger partial charge in [0, 0.05) is 18.3 Å². The number of ether oxygens (including phenoxy) is 1. The van der Waals surface area contributed by atoms with Crippen molar-refractivity contribution in [3.63, 3.8) is 0 Å². The largest absolute Gasteiger partial charge is 0.465 e. The van der Waals surface area contributed by atoms with Crippen LogP contribution in [0.25, 0.3) is 0 Å². The molecule has 0 amide bonds. The molecule has 1 spiro atoms. The van der Waals surface area contributed by atoms with Crippen LogP contribution in [0.1, 0.15) is 72.6 Å². The van der Waals surface area contributed by atoms with Crippen LogP contribution in [0.15, 0.2) is 12.2 Å². The molecule has 0 saturated heterocycles. The number of allylic oxidation sites excluding steroid dienone is 1. The van der Waals surface area contributed by atoms with Crippen LogP contribution < -0.4 is 0 Å². The lowest BCUT2D eigenvalue weighted by Gasteiger charge is -2.63. The van der Waals surface area contributed by atoms with Crippen molar-refractivity contribution < 1.29 is 14.6 Å². The molecule has 25 heavy (non-hydrogen) atoms. The number of hydrogen-bond donors (Lipinski definition) is 1. The summed E-state index contributed by atoms with van der Waals surface area (Å²) in [6.07, 6.45) is 13.0. The van der Waals surface area contributed by atoms with E-state index in [2.05, 4.69) is 26.0 Å². The van der Waals surface area contributed by atoms with Crippen molar-refractivity contribution in [2.24, 2.45) is 34.0 Å². The van der Waals surface area contributed by atoms with Gasteiger partial charge < -0.3 is 9.84 Å². The number of aliphatic hydroxyl groups is 1. The second kappa shape index (κ2) is 5.34. The van der Waals surface area contributed by atoms with Crippen molar-refractivity contribution in [3.05, 3.63) is 12.2 Å². The minimum Gasteiger partial charge on any atom is -0.465 e. The van der Waals surface area contributed by atoms with Crippen molar-refractivity contribution in [3.8, 4) is 0 Å².